The molecule has 0 amide bonds. The largest absolute Gasteiger partial charge is 0.494 e. The van der Waals surface area contributed by atoms with Crippen LogP contribution in [0.15, 0.2) is 104 Å². The monoisotopic (exact) mass is 712 g/mol. The Balaban J connectivity index is 1.47. The second kappa shape index (κ2) is 22.3. The minimum absolute atomic E-state index is 0.0540. The van der Waals surface area contributed by atoms with E-state index in [4.69, 9.17) is 33.2 Å². The van der Waals surface area contributed by atoms with Crippen molar-refractivity contribution in [2.75, 3.05) is 26.4 Å². The smallest absolute Gasteiger partial charge is 0.336 e. The third kappa shape index (κ3) is 15.9. The molecule has 272 valence electrons. The maximum Gasteiger partial charge on any atom is 0.336 e. The lowest BCUT2D eigenvalue weighted by Crippen LogP contribution is -2.09. The standard InChI is InChI=1S/C40H40O12/c1-4-37(42)48-26-8-6-24-46-32-16-10-30(11-17-32)14-22-39(44)51-34-20-21-35(36(28-34)50-29(3)41)52-40(45)23-15-31-12-18-33(19-13-31)47-25-7-9-27-49-38(43)5-2/h4-5,10-23,28H,1-2,6-9,24-27H2,3H3/b22-14+,23-15+. The van der Waals surface area contributed by atoms with Crippen molar-refractivity contribution in [2.45, 2.75) is 32.6 Å². The van der Waals surface area contributed by atoms with E-state index in [0.29, 0.717) is 69.2 Å². The van der Waals surface area contributed by atoms with Crippen LogP contribution in [0.2, 0.25) is 0 Å². The zero-order chi connectivity index (χ0) is 37.6. The van der Waals surface area contributed by atoms with Crippen LogP contribution in [0.25, 0.3) is 12.2 Å². The molecular formula is C40H40O12. The molecule has 0 saturated heterocycles. The Morgan fingerprint density at radius 1 is 0.519 bits per heavy atom. The Hall–Kier alpha value is -6.43. The lowest BCUT2D eigenvalue weighted by Gasteiger charge is -2.10. The van der Waals surface area contributed by atoms with Crippen molar-refractivity contribution in [3.8, 4) is 28.7 Å². The Bertz CT molecular complexity index is 1740. The average Bonchev–Trinajstić information content (AvgIpc) is 3.14. The number of esters is 5. The highest BCUT2D eigenvalue weighted by atomic mass is 16.6. The molecule has 0 aromatic heterocycles. The van der Waals surface area contributed by atoms with E-state index in [9.17, 15) is 24.0 Å². The van der Waals surface area contributed by atoms with Crippen molar-refractivity contribution >= 4 is 42.0 Å². The van der Waals surface area contributed by atoms with Crippen LogP contribution in [-0.4, -0.2) is 56.3 Å². The molecule has 0 atom stereocenters. The zero-order valence-corrected chi connectivity index (χ0v) is 28.8. The van der Waals surface area contributed by atoms with Crippen LogP contribution in [0.1, 0.15) is 43.7 Å². The first kappa shape index (κ1) is 40.0. The molecule has 0 aliphatic carbocycles. The molecule has 0 fully saturated rings. The molecule has 3 aromatic rings. The molecule has 0 bridgehead atoms. The summed E-state index contributed by atoms with van der Waals surface area (Å²) in [6.45, 7) is 9.35. The number of rotatable bonds is 21. The van der Waals surface area contributed by atoms with Crippen LogP contribution in [0.4, 0.5) is 0 Å². The van der Waals surface area contributed by atoms with E-state index in [2.05, 4.69) is 13.2 Å². The minimum atomic E-state index is -0.735. The molecule has 3 rings (SSSR count). The van der Waals surface area contributed by atoms with Gasteiger partial charge >= 0.3 is 29.8 Å². The molecule has 0 saturated carbocycles. The summed E-state index contributed by atoms with van der Waals surface area (Å²) >= 11 is 0. The molecule has 0 radical (unpaired) electrons. The molecule has 52 heavy (non-hydrogen) atoms. The fraction of sp³-hybridized carbons (Fsp3) is 0.225. The van der Waals surface area contributed by atoms with Gasteiger partial charge in [0.25, 0.3) is 0 Å². The van der Waals surface area contributed by atoms with Gasteiger partial charge in [-0.2, -0.15) is 0 Å². The number of carbonyl (C=O) groups is 5. The number of benzene rings is 3. The Kier molecular flexibility index (Phi) is 17.2. The molecule has 0 aliphatic heterocycles. The maximum atomic E-state index is 12.6. The summed E-state index contributed by atoms with van der Waals surface area (Å²) in [5, 5.41) is 0. The normalized spacial score (nSPS) is 10.6. The quantitative estimate of drug-likeness (QED) is 0.0505. The molecule has 0 unspecified atom stereocenters. The summed E-state index contributed by atoms with van der Waals surface area (Å²) in [6, 6.07) is 18.1. The van der Waals surface area contributed by atoms with E-state index in [1.165, 1.54) is 37.3 Å². The summed E-state index contributed by atoms with van der Waals surface area (Å²) in [6.07, 6.45) is 10.5. The molecule has 12 heteroatoms. The summed E-state index contributed by atoms with van der Waals surface area (Å²) < 4.78 is 37.1. The van der Waals surface area contributed by atoms with Crippen molar-refractivity contribution in [1.82, 2.24) is 0 Å². The molecular weight excluding hydrogens is 672 g/mol. The average molecular weight is 713 g/mol. The summed E-state index contributed by atoms with van der Waals surface area (Å²) in [7, 11) is 0. The Morgan fingerprint density at radius 3 is 1.42 bits per heavy atom. The third-order valence-electron chi connectivity index (χ3n) is 6.62. The lowest BCUT2D eigenvalue weighted by atomic mass is 10.2. The maximum absolute atomic E-state index is 12.6. The summed E-state index contributed by atoms with van der Waals surface area (Å²) in [5.41, 5.74) is 1.43. The van der Waals surface area contributed by atoms with E-state index < -0.39 is 29.8 Å². The van der Waals surface area contributed by atoms with Crippen LogP contribution in [-0.2, 0) is 33.4 Å². The Morgan fingerprint density at radius 2 is 0.962 bits per heavy atom. The van der Waals surface area contributed by atoms with E-state index in [1.54, 1.807) is 60.7 Å². The third-order valence-corrected chi connectivity index (χ3v) is 6.62. The van der Waals surface area contributed by atoms with Gasteiger partial charge in [0.05, 0.1) is 26.4 Å². The first-order valence-electron chi connectivity index (χ1n) is 16.3. The predicted octanol–water partition coefficient (Wildman–Crippen LogP) is 6.63. The molecule has 12 nitrogen and oxygen atoms in total. The number of hydrogen-bond acceptors (Lipinski definition) is 12. The van der Waals surface area contributed by atoms with Crippen molar-refractivity contribution in [3.63, 3.8) is 0 Å². The van der Waals surface area contributed by atoms with Crippen molar-refractivity contribution < 1.29 is 57.1 Å². The molecule has 0 spiro atoms. The van der Waals surface area contributed by atoms with Crippen molar-refractivity contribution in [1.29, 1.82) is 0 Å². The highest BCUT2D eigenvalue weighted by Gasteiger charge is 2.14. The fourth-order valence-electron chi connectivity index (χ4n) is 4.09. The topological polar surface area (TPSA) is 150 Å². The van der Waals surface area contributed by atoms with Gasteiger partial charge in [-0.05, 0) is 85.4 Å². The van der Waals surface area contributed by atoms with E-state index >= 15 is 0 Å². The number of ether oxygens (including phenoxy) is 7. The van der Waals surface area contributed by atoms with Gasteiger partial charge in [0.1, 0.15) is 17.2 Å². The van der Waals surface area contributed by atoms with Crippen LogP contribution >= 0.6 is 0 Å². The van der Waals surface area contributed by atoms with Gasteiger partial charge in [0.15, 0.2) is 11.5 Å². The van der Waals surface area contributed by atoms with Crippen molar-refractivity contribution in [3.05, 3.63) is 115 Å². The molecule has 3 aromatic carbocycles. The number of unbranched alkanes of at least 4 members (excludes halogenated alkanes) is 2. The van der Waals surface area contributed by atoms with E-state index in [1.807, 2.05) is 0 Å². The second-order valence-electron chi connectivity index (χ2n) is 10.7. The highest BCUT2D eigenvalue weighted by Crippen LogP contribution is 2.32. The first-order valence-corrected chi connectivity index (χ1v) is 16.3. The highest BCUT2D eigenvalue weighted by molar-refractivity contribution is 5.90. The summed E-state index contributed by atoms with van der Waals surface area (Å²) in [5.74, 6) is -1.83. The molecule has 0 aliphatic rings. The predicted molar refractivity (Wildman–Crippen MR) is 192 cm³/mol. The van der Waals surface area contributed by atoms with Crippen LogP contribution in [0.3, 0.4) is 0 Å². The van der Waals surface area contributed by atoms with Gasteiger partial charge in [0, 0.05) is 37.3 Å². The van der Waals surface area contributed by atoms with Crippen LogP contribution in [0.5, 0.6) is 28.7 Å². The molecule has 0 heterocycles. The number of hydrogen-bond donors (Lipinski definition) is 0. The van der Waals surface area contributed by atoms with Crippen LogP contribution < -0.4 is 23.7 Å². The van der Waals surface area contributed by atoms with Gasteiger partial charge in [-0.15, -0.1) is 0 Å². The van der Waals surface area contributed by atoms with Crippen molar-refractivity contribution in [2.24, 2.45) is 0 Å². The van der Waals surface area contributed by atoms with Gasteiger partial charge in [-0.25, -0.2) is 19.2 Å². The van der Waals surface area contributed by atoms with Gasteiger partial charge in [-0.1, -0.05) is 37.4 Å². The second-order valence-corrected chi connectivity index (χ2v) is 10.7. The minimum Gasteiger partial charge on any atom is -0.494 e. The zero-order valence-electron chi connectivity index (χ0n) is 28.8. The number of carbonyl (C=O) groups excluding carboxylic acids is 5. The van der Waals surface area contributed by atoms with Crippen LogP contribution in [0, 0.1) is 0 Å². The van der Waals surface area contributed by atoms with Gasteiger partial charge < -0.3 is 33.2 Å². The lowest BCUT2D eigenvalue weighted by molar-refractivity contribution is -0.138. The van der Waals surface area contributed by atoms with E-state index in [0.717, 1.165) is 17.7 Å². The Labute approximate surface area is 301 Å². The summed E-state index contributed by atoms with van der Waals surface area (Å²) in [4.78, 5) is 58.9. The molecule has 0 N–H and O–H groups in total. The van der Waals surface area contributed by atoms with Gasteiger partial charge in [0.2, 0.25) is 0 Å². The SMILES string of the molecule is C=CC(=O)OCCCCOc1ccc(/C=C/C(=O)Oc2ccc(OC(=O)/C=C/c3ccc(OCCCCOC(=O)C=C)cc3)c(OC(C)=O)c2)cc1. The first-order chi connectivity index (χ1) is 25.1. The fourth-order valence-corrected chi connectivity index (χ4v) is 4.09. The van der Waals surface area contributed by atoms with E-state index in [-0.39, 0.29) is 17.2 Å². The van der Waals surface area contributed by atoms with Gasteiger partial charge in [-0.3, -0.25) is 4.79 Å².